The van der Waals surface area contributed by atoms with Gasteiger partial charge < -0.3 is 33.8 Å². The van der Waals surface area contributed by atoms with E-state index < -0.39 is 97.5 Å². The Hall–Kier alpha value is -1.94. The van der Waals surface area contributed by atoms with Gasteiger partial charge in [-0.05, 0) is 43.4 Å². The lowest BCUT2D eigenvalue weighted by Crippen LogP contribution is -2.30. The molecule has 0 rings (SSSR count). The van der Waals surface area contributed by atoms with Crippen LogP contribution < -0.4 is 0 Å². The molecule has 4 unspecified atom stereocenters. The Kier molecular flexibility index (Phi) is 68.1. The molecule has 3 N–H and O–H groups in total. The molecule has 582 valence electrons. The van der Waals surface area contributed by atoms with Gasteiger partial charge in [-0.15, -0.1) is 0 Å². The maximum Gasteiger partial charge on any atom is 0.472 e. The number of carbonyl (C=O) groups excluding carboxylic acids is 4. The van der Waals surface area contributed by atoms with Crippen molar-refractivity contribution in [3.63, 3.8) is 0 Å². The number of phosphoric ester groups is 2. The molecule has 17 nitrogen and oxygen atoms in total. The molecule has 0 radical (unpaired) electrons. The molecule has 7 atom stereocenters. The Morgan fingerprint density at radius 2 is 0.520 bits per heavy atom. The highest BCUT2D eigenvalue weighted by molar-refractivity contribution is 7.47. The predicted molar refractivity (Wildman–Crippen MR) is 400 cm³/mol. The summed E-state index contributed by atoms with van der Waals surface area (Å²) in [6.07, 6.45) is 57.0. The molecule has 0 spiro atoms. The zero-order valence-corrected chi connectivity index (χ0v) is 66.0. The van der Waals surface area contributed by atoms with Crippen molar-refractivity contribution in [3.05, 3.63) is 0 Å². The van der Waals surface area contributed by atoms with Gasteiger partial charge in [0.15, 0.2) is 12.2 Å². The van der Waals surface area contributed by atoms with Gasteiger partial charge in [0.25, 0.3) is 0 Å². The van der Waals surface area contributed by atoms with Crippen molar-refractivity contribution in [3.8, 4) is 0 Å². The largest absolute Gasteiger partial charge is 0.472 e. The van der Waals surface area contributed by atoms with Crippen LogP contribution in [0.2, 0.25) is 0 Å². The lowest BCUT2D eigenvalue weighted by molar-refractivity contribution is -0.161. The zero-order chi connectivity index (χ0) is 72.3. The van der Waals surface area contributed by atoms with E-state index in [9.17, 15) is 43.2 Å². The minimum Gasteiger partial charge on any atom is -0.462 e. The summed E-state index contributed by atoms with van der Waals surface area (Å²) in [5.74, 6) is 0.203. The van der Waals surface area contributed by atoms with Crippen LogP contribution in [-0.2, 0) is 65.4 Å². The first-order valence-corrected chi connectivity index (χ1v) is 43.9. The average Bonchev–Trinajstić information content (AvgIpc) is 1.00. The third kappa shape index (κ3) is 69.8. The molecule has 0 bridgehead atoms. The standard InChI is InChI=1S/C79H154O17P2/c1-8-11-12-13-14-15-16-17-22-26-29-32-38-46-53-60-76(81)89-66-74(95-78(83)62-55-48-39-33-30-27-24-21-19-18-20-23-25-28-31-37-44-51-58-71(6)9-2)68-93-97(85,86)91-64-73(80)65-92-98(87,88)94-69-75(67-90-77(82)61-54-47-42-41-45-52-59-72(7)10-3)96-79(84)63-56-49-40-35-34-36-43-50-57-70(4)5/h70-75,80H,8-69H2,1-7H3,(H,85,86)(H,87,88)/t71?,72?,73-,74-,75-/m1/s1. The number of aliphatic hydroxyl groups excluding tert-OH is 1. The first kappa shape index (κ1) is 96.1. The summed E-state index contributed by atoms with van der Waals surface area (Å²) in [5.41, 5.74) is 0. The van der Waals surface area contributed by atoms with Gasteiger partial charge in [-0.25, -0.2) is 9.13 Å². The van der Waals surface area contributed by atoms with E-state index in [1.807, 2.05) is 0 Å². The lowest BCUT2D eigenvalue weighted by atomic mass is 9.99. The van der Waals surface area contributed by atoms with Crippen LogP contribution in [0.3, 0.4) is 0 Å². The van der Waals surface area contributed by atoms with E-state index in [-0.39, 0.29) is 25.7 Å². The van der Waals surface area contributed by atoms with Gasteiger partial charge in [-0.1, -0.05) is 357 Å². The van der Waals surface area contributed by atoms with Crippen LogP contribution in [-0.4, -0.2) is 96.7 Å². The first-order valence-electron chi connectivity index (χ1n) is 40.9. The first-order chi connectivity index (χ1) is 47.3. The molecule has 0 amide bonds. The molecule has 19 heteroatoms. The van der Waals surface area contributed by atoms with Gasteiger partial charge in [-0.2, -0.15) is 0 Å². The van der Waals surface area contributed by atoms with Crippen LogP contribution >= 0.6 is 15.6 Å². The molecule has 0 saturated heterocycles. The van der Waals surface area contributed by atoms with Crippen molar-refractivity contribution >= 4 is 39.5 Å². The number of hydrogen-bond acceptors (Lipinski definition) is 15. The van der Waals surface area contributed by atoms with Crippen LogP contribution in [0.4, 0.5) is 0 Å². The minimum atomic E-state index is -4.96. The van der Waals surface area contributed by atoms with Crippen LogP contribution in [0.5, 0.6) is 0 Å². The van der Waals surface area contributed by atoms with Crippen LogP contribution in [0.15, 0.2) is 0 Å². The maximum absolute atomic E-state index is 13.1. The molecule has 0 saturated carbocycles. The highest BCUT2D eigenvalue weighted by atomic mass is 31.2. The summed E-state index contributed by atoms with van der Waals surface area (Å²) in [4.78, 5) is 72.9. The van der Waals surface area contributed by atoms with E-state index in [1.54, 1.807) is 0 Å². The summed E-state index contributed by atoms with van der Waals surface area (Å²) in [6, 6.07) is 0. The number of aliphatic hydroxyl groups is 1. The fourth-order valence-corrected chi connectivity index (χ4v) is 13.6. The fraction of sp³-hybridized carbons (Fsp3) is 0.949. The number of unbranched alkanes of at least 4 members (excludes halogenated alkanes) is 43. The van der Waals surface area contributed by atoms with Gasteiger partial charge in [0.1, 0.15) is 19.3 Å². The van der Waals surface area contributed by atoms with Gasteiger partial charge in [0, 0.05) is 25.7 Å². The van der Waals surface area contributed by atoms with Crippen LogP contribution in [0.1, 0.15) is 408 Å². The van der Waals surface area contributed by atoms with Crippen LogP contribution in [0.25, 0.3) is 0 Å². The SMILES string of the molecule is CCCCCCCCCCCCCCCCCC(=O)OC[C@H](COP(=O)(O)OC[C@@H](O)COP(=O)(O)OC[C@@H](COC(=O)CCCCCCCCC(C)CC)OC(=O)CCCCCCCCCCC(C)C)OC(=O)CCCCCCCCCCCCCCCCCCCCC(C)CC. The van der Waals surface area contributed by atoms with Crippen molar-refractivity contribution in [2.75, 3.05) is 39.6 Å². The molecule has 0 aromatic rings. The number of esters is 4. The van der Waals surface area contributed by atoms with Crippen molar-refractivity contribution in [1.82, 2.24) is 0 Å². The van der Waals surface area contributed by atoms with Gasteiger partial charge in [-0.3, -0.25) is 37.3 Å². The summed E-state index contributed by atoms with van der Waals surface area (Å²) >= 11 is 0. The second kappa shape index (κ2) is 69.4. The van der Waals surface area contributed by atoms with Gasteiger partial charge in [0.2, 0.25) is 0 Å². The van der Waals surface area contributed by atoms with Crippen molar-refractivity contribution in [1.29, 1.82) is 0 Å². The summed E-state index contributed by atoms with van der Waals surface area (Å²) in [5, 5.41) is 10.6. The Labute approximate surface area is 600 Å². The van der Waals surface area contributed by atoms with Crippen LogP contribution in [0, 0.1) is 17.8 Å². The van der Waals surface area contributed by atoms with Crippen molar-refractivity contribution in [2.24, 2.45) is 17.8 Å². The molecule has 0 aliphatic rings. The quantitative estimate of drug-likeness (QED) is 0.0222. The highest BCUT2D eigenvalue weighted by Gasteiger charge is 2.30. The van der Waals surface area contributed by atoms with E-state index in [1.165, 1.54) is 212 Å². The number of hydrogen-bond donors (Lipinski definition) is 3. The molecule has 0 aromatic carbocycles. The van der Waals surface area contributed by atoms with Gasteiger partial charge in [0.05, 0.1) is 26.4 Å². The topological polar surface area (TPSA) is 237 Å². The molecular weight excluding hydrogens is 1280 g/mol. The average molecular weight is 1440 g/mol. The molecular formula is C79H154O17P2. The highest BCUT2D eigenvalue weighted by Crippen LogP contribution is 2.45. The Morgan fingerprint density at radius 1 is 0.296 bits per heavy atom. The van der Waals surface area contributed by atoms with E-state index in [2.05, 4.69) is 48.5 Å². The molecule has 0 heterocycles. The lowest BCUT2D eigenvalue weighted by Gasteiger charge is -2.21. The maximum atomic E-state index is 13.1. The van der Waals surface area contributed by atoms with Gasteiger partial charge >= 0.3 is 39.5 Å². The molecule has 0 aliphatic heterocycles. The van der Waals surface area contributed by atoms with E-state index in [0.717, 1.165) is 114 Å². The van der Waals surface area contributed by atoms with E-state index in [4.69, 9.17) is 37.0 Å². The Balaban J connectivity index is 5.20. The molecule has 98 heavy (non-hydrogen) atoms. The molecule has 0 fully saturated rings. The second-order valence-electron chi connectivity index (χ2n) is 29.4. The third-order valence-electron chi connectivity index (χ3n) is 19.1. The monoisotopic (exact) mass is 1440 g/mol. The van der Waals surface area contributed by atoms with Crippen molar-refractivity contribution < 1.29 is 80.2 Å². The summed E-state index contributed by atoms with van der Waals surface area (Å²) in [7, 11) is -9.92. The smallest absolute Gasteiger partial charge is 0.462 e. The predicted octanol–water partition coefficient (Wildman–Crippen LogP) is 23.4. The fourth-order valence-electron chi connectivity index (χ4n) is 12.1. The Bertz CT molecular complexity index is 1910. The normalized spacial score (nSPS) is 14.6. The molecule has 0 aromatic heterocycles. The number of carbonyl (C=O) groups is 4. The van der Waals surface area contributed by atoms with E-state index >= 15 is 0 Å². The minimum absolute atomic E-state index is 0.104. The number of phosphoric acid groups is 2. The third-order valence-corrected chi connectivity index (χ3v) is 21.0. The Morgan fingerprint density at radius 3 is 0.776 bits per heavy atom. The van der Waals surface area contributed by atoms with Crippen molar-refractivity contribution in [2.45, 2.75) is 426 Å². The molecule has 0 aliphatic carbocycles. The zero-order valence-electron chi connectivity index (χ0n) is 64.3. The number of ether oxygens (including phenoxy) is 4. The second-order valence-corrected chi connectivity index (χ2v) is 32.3. The van der Waals surface area contributed by atoms with E-state index in [0.29, 0.717) is 25.7 Å². The summed E-state index contributed by atoms with van der Waals surface area (Å²) < 4.78 is 68.6. The number of rotatable bonds is 77. The summed E-state index contributed by atoms with van der Waals surface area (Å²) in [6.45, 7) is 11.9.